The molecule has 0 aliphatic heterocycles. The smallest absolute Gasteiger partial charge is 0.263 e. The van der Waals surface area contributed by atoms with E-state index < -0.39 is 0 Å². The fourth-order valence-corrected chi connectivity index (χ4v) is 1.85. The fraction of sp³-hybridized carbons (Fsp3) is 0.286. The molecule has 0 saturated heterocycles. The van der Waals surface area contributed by atoms with Crippen molar-refractivity contribution in [3.63, 3.8) is 0 Å². The number of amides is 1. The number of nitrogens with one attached hydrogen (secondary N) is 2. The van der Waals surface area contributed by atoms with Gasteiger partial charge in [0.25, 0.3) is 5.91 Å². The first-order valence-corrected chi connectivity index (χ1v) is 6.34. The number of nitrogens with zero attached hydrogens (tertiary/aromatic N) is 1. The molecule has 2 N–H and O–H groups in total. The molecule has 1 aromatic carbocycles. The van der Waals surface area contributed by atoms with Crippen LogP contribution in [0.1, 0.15) is 24.5 Å². The van der Waals surface area contributed by atoms with Crippen molar-refractivity contribution in [1.29, 1.82) is 0 Å². The van der Waals surface area contributed by atoms with Crippen LogP contribution in [-0.2, 0) is 4.79 Å². The predicted molar refractivity (Wildman–Crippen MR) is 71.1 cm³/mol. The number of benzene rings is 1. The lowest BCUT2D eigenvalue weighted by molar-refractivity contribution is -0.118. The molecule has 1 heterocycles. The Kier molecular flexibility index (Phi) is 3.18. The lowest BCUT2D eigenvalue weighted by Gasteiger charge is -2.05. The number of hydrogen-bond acceptors (Lipinski definition) is 3. The summed E-state index contributed by atoms with van der Waals surface area (Å²) in [5.74, 6) is 1.62. The summed E-state index contributed by atoms with van der Waals surface area (Å²) in [6.07, 6.45) is 2.40. The Morgan fingerprint density at radius 1 is 1.37 bits per heavy atom. The molecular formula is C14H15N3O2. The van der Waals surface area contributed by atoms with Gasteiger partial charge in [-0.2, -0.15) is 5.10 Å². The van der Waals surface area contributed by atoms with Gasteiger partial charge in [-0.05, 0) is 25.0 Å². The monoisotopic (exact) mass is 257 g/mol. The average molecular weight is 257 g/mol. The fourth-order valence-electron chi connectivity index (χ4n) is 1.85. The van der Waals surface area contributed by atoms with Crippen molar-refractivity contribution >= 4 is 11.7 Å². The highest BCUT2D eigenvalue weighted by Gasteiger charge is 2.25. The van der Waals surface area contributed by atoms with E-state index in [9.17, 15) is 4.79 Å². The topological polar surface area (TPSA) is 67.0 Å². The van der Waals surface area contributed by atoms with E-state index in [1.54, 1.807) is 0 Å². The van der Waals surface area contributed by atoms with Crippen LogP contribution >= 0.6 is 0 Å². The van der Waals surface area contributed by atoms with Crippen LogP contribution in [0.5, 0.6) is 5.75 Å². The van der Waals surface area contributed by atoms with E-state index in [0.717, 1.165) is 5.69 Å². The van der Waals surface area contributed by atoms with Gasteiger partial charge < -0.3 is 10.1 Å². The molecule has 3 rings (SSSR count). The van der Waals surface area contributed by atoms with E-state index in [2.05, 4.69) is 15.5 Å². The van der Waals surface area contributed by atoms with Crippen molar-refractivity contribution in [2.75, 3.05) is 11.9 Å². The summed E-state index contributed by atoms with van der Waals surface area (Å²) < 4.78 is 5.36. The van der Waals surface area contributed by atoms with Gasteiger partial charge in [-0.3, -0.25) is 9.89 Å². The van der Waals surface area contributed by atoms with Crippen LogP contribution in [0.3, 0.4) is 0 Å². The molecule has 0 radical (unpaired) electrons. The molecule has 5 nitrogen and oxygen atoms in total. The van der Waals surface area contributed by atoms with Crippen LogP contribution in [-0.4, -0.2) is 22.7 Å². The molecule has 5 heteroatoms. The van der Waals surface area contributed by atoms with E-state index in [4.69, 9.17) is 4.74 Å². The largest absolute Gasteiger partial charge is 0.484 e. The Morgan fingerprint density at radius 3 is 2.89 bits per heavy atom. The Morgan fingerprint density at radius 2 is 2.16 bits per heavy atom. The number of aromatic amines is 1. The Labute approximate surface area is 111 Å². The van der Waals surface area contributed by atoms with E-state index >= 15 is 0 Å². The van der Waals surface area contributed by atoms with Crippen LogP contribution in [0.25, 0.3) is 0 Å². The van der Waals surface area contributed by atoms with Crippen molar-refractivity contribution in [2.24, 2.45) is 0 Å². The number of anilines is 1. The second-order valence-corrected chi connectivity index (χ2v) is 4.63. The number of ether oxygens (including phenoxy) is 1. The molecule has 1 aromatic heterocycles. The molecule has 2 aromatic rings. The maximum atomic E-state index is 11.7. The third-order valence-electron chi connectivity index (χ3n) is 3.00. The Hall–Kier alpha value is -2.30. The highest BCUT2D eigenvalue weighted by Crippen LogP contribution is 2.39. The van der Waals surface area contributed by atoms with Crippen LogP contribution in [0.4, 0.5) is 5.82 Å². The van der Waals surface area contributed by atoms with Crippen LogP contribution in [0, 0.1) is 0 Å². The summed E-state index contributed by atoms with van der Waals surface area (Å²) in [6.45, 7) is -0.0182. The maximum absolute atomic E-state index is 11.7. The van der Waals surface area contributed by atoms with Gasteiger partial charge in [0, 0.05) is 17.7 Å². The minimum Gasteiger partial charge on any atom is -0.484 e. The van der Waals surface area contributed by atoms with E-state index in [0.29, 0.717) is 17.5 Å². The van der Waals surface area contributed by atoms with Gasteiger partial charge in [0.15, 0.2) is 12.4 Å². The molecule has 0 spiro atoms. The number of aromatic nitrogens is 2. The summed E-state index contributed by atoms with van der Waals surface area (Å²) in [5, 5.41) is 9.71. The molecule has 1 saturated carbocycles. The first-order chi connectivity index (χ1) is 9.31. The van der Waals surface area contributed by atoms with E-state index in [1.165, 1.54) is 12.8 Å². The van der Waals surface area contributed by atoms with Gasteiger partial charge in [0.1, 0.15) is 5.75 Å². The molecule has 1 aliphatic rings. The highest BCUT2D eigenvalue weighted by molar-refractivity contribution is 5.90. The van der Waals surface area contributed by atoms with Crippen molar-refractivity contribution < 1.29 is 9.53 Å². The van der Waals surface area contributed by atoms with Gasteiger partial charge in [-0.15, -0.1) is 0 Å². The summed E-state index contributed by atoms with van der Waals surface area (Å²) in [6, 6.07) is 11.1. The molecule has 98 valence electrons. The van der Waals surface area contributed by atoms with Gasteiger partial charge in [-0.1, -0.05) is 18.2 Å². The standard InChI is InChI=1S/C14H15N3O2/c18-14(9-19-11-4-2-1-3-5-11)15-13-8-12(16-17-13)10-6-7-10/h1-5,8,10H,6-7,9H2,(H2,15,16,17,18). The first-order valence-electron chi connectivity index (χ1n) is 6.34. The van der Waals surface area contributed by atoms with Crippen molar-refractivity contribution in [2.45, 2.75) is 18.8 Å². The zero-order valence-electron chi connectivity index (χ0n) is 10.4. The van der Waals surface area contributed by atoms with Gasteiger partial charge in [-0.25, -0.2) is 0 Å². The molecule has 1 aliphatic carbocycles. The number of carbonyl (C=O) groups excluding carboxylic acids is 1. The summed E-state index contributed by atoms with van der Waals surface area (Å²) in [4.78, 5) is 11.7. The zero-order chi connectivity index (χ0) is 13.1. The normalized spacial score (nSPS) is 14.1. The number of H-pyrrole nitrogens is 1. The minimum absolute atomic E-state index is 0.0182. The maximum Gasteiger partial charge on any atom is 0.263 e. The molecule has 0 atom stereocenters. The summed E-state index contributed by atoms with van der Waals surface area (Å²) >= 11 is 0. The number of hydrogen-bond donors (Lipinski definition) is 2. The second-order valence-electron chi connectivity index (χ2n) is 4.63. The van der Waals surface area contributed by atoms with E-state index in [-0.39, 0.29) is 12.5 Å². The molecular weight excluding hydrogens is 242 g/mol. The third kappa shape index (κ3) is 3.13. The number of carbonyl (C=O) groups is 1. The zero-order valence-corrected chi connectivity index (χ0v) is 10.4. The Bertz CT molecular complexity index is 561. The lowest BCUT2D eigenvalue weighted by Crippen LogP contribution is -2.20. The quantitative estimate of drug-likeness (QED) is 0.863. The highest BCUT2D eigenvalue weighted by atomic mass is 16.5. The molecule has 0 unspecified atom stereocenters. The summed E-state index contributed by atoms with van der Waals surface area (Å²) in [7, 11) is 0. The molecule has 19 heavy (non-hydrogen) atoms. The predicted octanol–water partition coefficient (Wildman–Crippen LogP) is 2.30. The first kappa shape index (κ1) is 11.8. The third-order valence-corrected chi connectivity index (χ3v) is 3.00. The molecule has 1 amide bonds. The summed E-state index contributed by atoms with van der Waals surface area (Å²) in [5.41, 5.74) is 1.10. The second kappa shape index (κ2) is 5.14. The number of para-hydroxylation sites is 1. The van der Waals surface area contributed by atoms with Crippen molar-refractivity contribution in [3.8, 4) is 5.75 Å². The van der Waals surface area contributed by atoms with Crippen LogP contribution in [0.2, 0.25) is 0 Å². The minimum atomic E-state index is -0.210. The van der Waals surface area contributed by atoms with Crippen LogP contribution in [0.15, 0.2) is 36.4 Å². The van der Waals surface area contributed by atoms with Gasteiger partial charge in [0.2, 0.25) is 0 Å². The average Bonchev–Trinajstić information content (AvgIpc) is 3.19. The Balaban J connectivity index is 1.50. The number of rotatable bonds is 5. The van der Waals surface area contributed by atoms with Gasteiger partial charge in [0.05, 0.1) is 0 Å². The lowest BCUT2D eigenvalue weighted by atomic mass is 10.3. The van der Waals surface area contributed by atoms with Crippen molar-refractivity contribution in [3.05, 3.63) is 42.1 Å². The van der Waals surface area contributed by atoms with Crippen molar-refractivity contribution in [1.82, 2.24) is 10.2 Å². The van der Waals surface area contributed by atoms with Gasteiger partial charge >= 0.3 is 0 Å². The van der Waals surface area contributed by atoms with Crippen LogP contribution < -0.4 is 10.1 Å². The van der Waals surface area contributed by atoms with E-state index in [1.807, 2.05) is 36.4 Å². The SMILES string of the molecule is O=C(COc1ccccc1)Nc1cc(C2CC2)[nH]n1. The molecule has 0 bridgehead atoms. The molecule has 1 fully saturated rings.